The summed E-state index contributed by atoms with van der Waals surface area (Å²) >= 11 is 0. The number of aliphatic hydroxyl groups excluding tert-OH is 2. The van der Waals surface area contributed by atoms with Crippen LogP contribution in [0.5, 0.6) is 0 Å². The molecule has 0 amide bonds. The Labute approximate surface area is 118 Å². The van der Waals surface area contributed by atoms with Crippen LogP contribution in [0.15, 0.2) is 42.6 Å². The number of aliphatic hydroxyl groups is 2. The van der Waals surface area contributed by atoms with E-state index in [0.29, 0.717) is 13.1 Å². The van der Waals surface area contributed by atoms with Crippen molar-refractivity contribution in [3.63, 3.8) is 0 Å². The summed E-state index contributed by atoms with van der Waals surface area (Å²) in [6.45, 7) is 1.23. The zero-order chi connectivity index (χ0) is 13.9. The maximum Gasteiger partial charge on any atom is 0.0756 e. The van der Waals surface area contributed by atoms with Gasteiger partial charge in [0.15, 0.2) is 0 Å². The van der Waals surface area contributed by atoms with E-state index in [-0.39, 0.29) is 19.3 Å². The van der Waals surface area contributed by atoms with Gasteiger partial charge < -0.3 is 10.2 Å². The van der Waals surface area contributed by atoms with Crippen molar-refractivity contribution < 1.29 is 10.2 Å². The predicted molar refractivity (Wildman–Crippen MR) is 77.3 cm³/mol. The quantitative estimate of drug-likeness (QED) is 0.863. The molecule has 0 spiro atoms. The van der Waals surface area contributed by atoms with E-state index in [1.165, 1.54) is 5.56 Å². The summed E-state index contributed by atoms with van der Waals surface area (Å²) < 4.78 is 0. The molecule has 0 saturated heterocycles. The summed E-state index contributed by atoms with van der Waals surface area (Å²) in [7, 11) is 0. The summed E-state index contributed by atoms with van der Waals surface area (Å²) in [5.74, 6) is 0. The van der Waals surface area contributed by atoms with Gasteiger partial charge in [0.1, 0.15) is 0 Å². The first-order chi connectivity index (χ1) is 9.86. The van der Waals surface area contributed by atoms with Crippen LogP contribution in [0.2, 0.25) is 0 Å². The molecule has 0 saturated carbocycles. The van der Waals surface area contributed by atoms with Gasteiger partial charge in [-0.1, -0.05) is 30.3 Å². The normalized spacial score (nSPS) is 16.2. The van der Waals surface area contributed by atoms with Crippen molar-refractivity contribution in [2.24, 2.45) is 0 Å². The summed E-state index contributed by atoms with van der Waals surface area (Å²) in [5, 5.41) is 18.6. The van der Waals surface area contributed by atoms with Gasteiger partial charge in [-0.3, -0.25) is 9.88 Å². The Morgan fingerprint density at radius 2 is 1.65 bits per heavy atom. The average molecular weight is 270 g/mol. The molecular formula is C16H18N2O2. The first-order valence-electron chi connectivity index (χ1n) is 6.86. The van der Waals surface area contributed by atoms with Crippen molar-refractivity contribution >= 4 is 0 Å². The van der Waals surface area contributed by atoms with Gasteiger partial charge >= 0.3 is 0 Å². The van der Waals surface area contributed by atoms with Crippen LogP contribution >= 0.6 is 0 Å². The second kappa shape index (κ2) is 5.71. The van der Waals surface area contributed by atoms with Crippen molar-refractivity contribution in [1.29, 1.82) is 0 Å². The number of nitrogens with zero attached hydrogens (tertiary/aromatic N) is 2. The van der Waals surface area contributed by atoms with E-state index in [1.807, 2.05) is 18.2 Å². The number of benzene rings is 1. The average Bonchev–Trinajstić information content (AvgIpc) is 2.82. The maximum atomic E-state index is 9.28. The van der Waals surface area contributed by atoms with Gasteiger partial charge in [0, 0.05) is 30.4 Å². The van der Waals surface area contributed by atoms with Gasteiger partial charge in [-0.15, -0.1) is 0 Å². The zero-order valence-corrected chi connectivity index (χ0v) is 11.2. The van der Waals surface area contributed by atoms with Crippen molar-refractivity contribution in [3.05, 3.63) is 53.7 Å². The highest BCUT2D eigenvalue weighted by molar-refractivity contribution is 5.75. The van der Waals surface area contributed by atoms with Crippen LogP contribution in [0.25, 0.3) is 11.3 Å². The predicted octanol–water partition coefficient (Wildman–Crippen LogP) is 1.44. The Morgan fingerprint density at radius 3 is 2.40 bits per heavy atom. The van der Waals surface area contributed by atoms with E-state index in [2.05, 4.69) is 28.1 Å². The molecule has 0 bridgehead atoms. The van der Waals surface area contributed by atoms with E-state index in [0.717, 1.165) is 16.8 Å². The highest BCUT2D eigenvalue weighted by Crippen LogP contribution is 2.44. The maximum absolute atomic E-state index is 9.28. The lowest BCUT2D eigenvalue weighted by Crippen LogP contribution is -2.33. The number of hydrogen-bond donors (Lipinski definition) is 2. The third kappa shape index (κ3) is 2.12. The van der Waals surface area contributed by atoms with Gasteiger partial charge in [0.25, 0.3) is 0 Å². The molecule has 1 atom stereocenters. The molecule has 1 aliphatic rings. The zero-order valence-electron chi connectivity index (χ0n) is 11.2. The first-order valence-corrected chi connectivity index (χ1v) is 6.86. The minimum atomic E-state index is 0.0641. The number of fused-ring (bicyclic) bond motifs is 3. The van der Waals surface area contributed by atoms with Gasteiger partial charge in [0.05, 0.1) is 24.9 Å². The highest BCUT2D eigenvalue weighted by Gasteiger charge is 2.32. The smallest absolute Gasteiger partial charge is 0.0756 e. The largest absolute Gasteiger partial charge is 0.395 e. The third-order valence-electron chi connectivity index (χ3n) is 3.78. The second-order valence-electron chi connectivity index (χ2n) is 4.91. The van der Waals surface area contributed by atoms with Crippen LogP contribution in [0.3, 0.4) is 0 Å². The van der Waals surface area contributed by atoms with Crippen LogP contribution in [0.1, 0.15) is 17.2 Å². The van der Waals surface area contributed by atoms with Crippen LogP contribution in [0, 0.1) is 0 Å². The number of rotatable bonds is 5. The van der Waals surface area contributed by atoms with Crippen LogP contribution < -0.4 is 0 Å². The molecule has 4 nitrogen and oxygen atoms in total. The molecule has 2 N–H and O–H groups in total. The molecule has 0 aliphatic heterocycles. The third-order valence-corrected chi connectivity index (χ3v) is 3.78. The molecular weight excluding hydrogens is 252 g/mol. The number of pyridine rings is 1. The summed E-state index contributed by atoms with van der Waals surface area (Å²) in [4.78, 5) is 6.61. The Hall–Kier alpha value is -1.75. The molecule has 3 rings (SSSR count). The van der Waals surface area contributed by atoms with Crippen molar-refractivity contribution in [3.8, 4) is 11.3 Å². The fraction of sp³-hybridized carbons (Fsp3) is 0.312. The van der Waals surface area contributed by atoms with Crippen molar-refractivity contribution in [2.45, 2.75) is 6.04 Å². The summed E-state index contributed by atoms with van der Waals surface area (Å²) in [6.07, 6.45) is 1.81. The Morgan fingerprint density at radius 1 is 0.950 bits per heavy atom. The number of hydrogen-bond acceptors (Lipinski definition) is 4. The molecule has 1 unspecified atom stereocenters. The van der Waals surface area contributed by atoms with E-state index >= 15 is 0 Å². The lowest BCUT2D eigenvalue weighted by molar-refractivity contribution is 0.138. The molecule has 1 aromatic carbocycles. The highest BCUT2D eigenvalue weighted by atomic mass is 16.3. The minimum Gasteiger partial charge on any atom is -0.395 e. The van der Waals surface area contributed by atoms with Crippen molar-refractivity contribution in [2.75, 3.05) is 26.3 Å². The molecule has 1 heterocycles. The second-order valence-corrected chi connectivity index (χ2v) is 4.91. The van der Waals surface area contributed by atoms with E-state index in [1.54, 1.807) is 6.20 Å². The topological polar surface area (TPSA) is 56.6 Å². The molecule has 104 valence electrons. The molecule has 4 heteroatoms. The molecule has 0 radical (unpaired) electrons. The molecule has 20 heavy (non-hydrogen) atoms. The lowest BCUT2D eigenvalue weighted by atomic mass is 10.0. The molecule has 1 aromatic heterocycles. The fourth-order valence-electron chi connectivity index (χ4n) is 3.00. The first kappa shape index (κ1) is 13.2. The summed E-state index contributed by atoms with van der Waals surface area (Å²) in [5.41, 5.74) is 4.50. The SMILES string of the molecule is OCCN(CCO)C1c2ccccc2-c2ncccc21. The minimum absolute atomic E-state index is 0.0641. The van der Waals surface area contributed by atoms with Gasteiger partial charge in [0.2, 0.25) is 0 Å². The van der Waals surface area contributed by atoms with Gasteiger partial charge in [-0.25, -0.2) is 0 Å². The van der Waals surface area contributed by atoms with E-state index < -0.39 is 0 Å². The lowest BCUT2D eigenvalue weighted by Gasteiger charge is -2.29. The van der Waals surface area contributed by atoms with E-state index in [9.17, 15) is 10.2 Å². The molecule has 1 aliphatic carbocycles. The number of aromatic nitrogens is 1. The standard InChI is InChI=1S/C16H18N2O2/c19-10-8-18(9-11-20)16-13-5-2-1-4-12(13)15-14(16)6-3-7-17-15/h1-7,16,19-20H,8-11H2. The van der Waals surface area contributed by atoms with Crippen LogP contribution in [0.4, 0.5) is 0 Å². The van der Waals surface area contributed by atoms with Crippen molar-refractivity contribution in [1.82, 2.24) is 9.88 Å². The summed E-state index contributed by atoms with van der Waals surface area (Å²) in [6, 6.07) is 12.3. The Balaban J connectivity index is 2.10. The van der Waals surface area contributed by atoms with E-state index in [4.69, 9.17) is 0 Å². The van der Waals surface area contributed by atoms with Crippen LogP contribution in [-0.2, 0) is 0 Å². The Kier molecular flexibility index (Phi) is 3.78. The fourth-order valence-corrected chi connectivity index (χ4v) is 3.00. The Bertz CT molecular complexity index is 549. The van der Waals surface area contributed by atoms with Crippen LogP contribution in [-0.4, -0.2) is 46.4 Å². The van der Waals surface area contributed by atoms with Gasteiger partial charge in [-0.2, -0.15) is 0 Å². The van der Waals surface area contributed by atoms with Gasteiger partial charge in [-0.05, 0) is 11.6 Å². The molecule has 2 aromatic rings. The molecule has 0 fully saturated rings. The monoisotopic (exact) mass is 270 g/mol.